The second-order valence-electron chi connectivity index (χ2n) is 12.3. The zero-order valence-electron chi connectivity index (χ0n) is 28.5. The third-order valence-corrected chi connectivity index (χ3v) is 8.86. The minimum Gasteiger partial charge on any atom is -0.507 e. The molecule has 1 aromatic heterocycles. The Hall–Kier alpha value is -6.49. The number of fused-ring (bicyclic) bond motifs is 1. The maximum Gasteiger partial charge on any atom is 0.127 e. The molecule has 0 unspecified atom stereocenters. The van der Waals surface area contributed by atoms with Crippen LogP contribution in [0.25, 0.3) is 22.0 Å². The van der Waals surface area contributed by atoms with Gasteiger partial charge in [-0.25, -0.2) is 4.98 Å². The van der Waals surface area contributed by atoms with Crippen LogP contribution in [0.5, 0.6) is 11.5 Å². The maximum absolute atomic E-state index is 11.5. The molecule has 0 saturated heterocycles. The number of rotatable bonds is 9. The number of hydrogen-bond acceptors (Lipinski definition) is 6. The van der Waals surface area contributed by atoms with Gasteiger partial charge in [-0.3, -0.25) is 4.99 Å². The van der Waals surface area contributed by atoms with Gasteiger partial charge in [-0.2, -0.15) is 0 Å². The van der Waals surface area contributed by atoms with Crippen molar-refractivity contribution in [1.29, 1.82) is 0 Å². The standard InChI is InChI=1S/C46H34N4O2.Pt/c51-44-30-39(49(35-17-5-1-6-18-35)36-19-7-2-8-20-36)27-28-41(44)42-25-14-16-34(48-42)32-47-43-26-13-15-33-29-40(31-45(52)46(33)43)50(37-21-9-3-10-22-37)38-23-11-4-12-24-38;/h1-32,51-52H;. The number of para-hydroxylation sites is 4. The Morgan fingerprint density at radius 2 is 0.962 bits per heavy atom. The summed E-state index contributed by atoms with van der Waals surface area (Å²) < 4.78 is 0. The predicted molar refractivity (Wildman–Crippen MR) is 214 cm³/mol. The number of anilines is 6. The largest absolute Gasteiger partial charge is 0.507 e. The molecular formula is C46H34N4O2Pt. The number of aromatic hydroxyl groups is 2. The molecule has 7 heteroatoms. The normalized spacial score (nSPS) is 10.9. The zero-order chi connectivity index (χ0) is 35.3. The van der Waals surface area contributed by atoms with Gasteiger partial charge < -0.3 is 20.0 Å². The molecule has 6 nitrogen and oxygen atoms in total. The molecule has 0 saturated carbocycles. The molecule has 0 spiro atoms. The van der Waals surface area contributed by atoms with Crippen molar-refractivity contribution in [1.82, 2.24) is 4.98 Å². The zero-order valence-corrected chi connectivity index (χ0v) is 30.7. The molecule has 2 N–H and O–H groups in total. The fourth-order valence-corrected chi connectivity index (χ4v) is 6.49. The SMILES string of the molecule is Oc1cc(N(c2ccccc2)c2ccccc2)ccc1-c1cccc(C=Nc2cccc3cc(N(c4ccccc4)c4ccccc4)cc(O)c23)n1.[Pt]. The first-order valence-corrected chi connectivity index (χ1v) is 17.0. The van der Waals surface area contributed by atoms with E-state index in [1.165, 1.54) is 0 Å². The van der Waals surface area contributed by atoms with E-state index in [9.17, 15) is 10.2 Å². The summed E-state index contributed by atoms with van der Waals surface area (Å²) in [4.78, 5) is 13.8. The van der Waals surface area contributed by atoms with E-state index in [-0.39, 0.29) is 32.6 Å². The summed E-state index contributed by atoms with van der Waals surface area (Å²) >= 11 is 0. The van der Waals surface area contributed by atoms with Gasteiger partial charge in [0.1, 0.15) is 11.5 Å². The summed E-state index contributed by atoms with van der Waals surface area (Å²) in [5.74, 6) is 0.245. The van der Waals surface area contributed by atoms with Crippen molar-refractivity contribution in [3.63, 3.8) is 0 Å². The third kappa shape index (κ3) is 7.45. The van der Waals surface area contributed by atoms with Gasteiger partial charge in [0, 0.05) is 72.6 Å². The molecule has 0 amide bonds. The fraction of sp³-hybridized carbons (Fsp3) is 0. The van der Waals surface area contributed by atoms with E-state index < -0.39 is 0 Å². The summed E-state index contributed by atoms with van der Waals surface area (Å²) in [6, 6.07) is 61.3. The van der Waals surface area contributed by atoms with Crippen LogP contribution in [-0.2, 0) is 21.1 Å². The average Bonchev–Trinajstić information content (AvgIpc) is 3.19. The van der Waals surface area contributed by atoms with Gasteiger partial charge >= 0.3 is 0 Å². The Balaban J connectivity index is 0.00000435. The minimum absolute atomic E-state index is 0. The number of nitrogens with zero attached hydrogens (tertiary/aromatic N) is 4. The average molecular weight is 870 g/mol. The van der Waals surface area contributed by atoms with Crippen LogP contribution < -0.4 is 9.80 Å². The number of aliphatic imine (C=N–C) groups is 1. The van der Waals surface area contributed by atoms with Gasteiger partial charge in [-0.05, 0) is 90.3 Å². The van der Waals surface area contributed by atoms with Crippen LogP contribution in [0, 0.1) is 0 Å². The monoisotopic (exact) mass is 869 g/mol. The van der Waals surface area contributed by atoms with Crippen molar-refractivity contribution in [2.75, 3.05) is 9.80 Å². The quantitative estimate of drug-likeness (QED) is 0.141. The molecule has 0 radical (unpaired) electrons. The second-order valence-corrected chi connectivity index (χ2v) is 12.3. The first-order valence-electron chi connectivity index (χ1n) is 17.0. The van der Waals surface area contributed by atoms with Gasteiger partial charge in [0.05, 0.1) is 29.0 Å². The van der Waals surface area contributed by atoms with Crippen molar-refractivity contribution >= 4 is 56.8 Å². The summed E-state index contributed by atoms with van der Waals surface area (Å²) in [5, 5.41) is 24.3. The molecule has 7 aromatic carbocycles. The molecule has 53 heavy (non-hydrogen) atoms. The van der Waals surface area contributed by atoms with Gasteiger partial charge in [-0.15, -0.1) is 0 Å². The van der Waals surface area contributed by atoms with Gasteiger partial charge in [0.15, 0.2) is 0 Å². The van der Waals surface area contributed by atoms with Crippen LogP contribution >= 0.6 is 0 Å². The predicted octanol–water partition coefficient (Wildman–Crippen LogP) is 12.0. The molecular weight excluding hydrogens is 836 g/mol. The Morgan fingerprint density at radius 3 is 1.51 bits per heavy atom. The van der Waals surface area contributed by atoms with Crippen LogP contribution in [0.3, 0.4) is 0 Å². The van der Waals surface area contributed by atoms with Crippen LogP contribution in [-0.4, -0.2) is 21.4 Å². The van der Waals surface area contributed by atoms with Gasteiger partial charge in [0.2, 0.25) is 0 Å². The number of pyridine rings is 1. The van der Waals surface area contributed by atoms with E-state index in [1.807, 2.05) is 170 Å². The van der Waals surface area contributed by atoms with E-state index in [0.717, 1.165) is 39.5 Å². The summed E-state index contributed by atoms with van der Waals surface area (Å²) in [7, 11) is 0. The number of phenols is 2. The van der Waals surface area contributed by atoms with Crippen LogP contribution in [0.4, 0.5) is 39.8 Å². The maximum atomic E-state index is 11.5. The molecule has 0 bridgehead atoms. The molecule has 0 aliphatic heterocycles. The van der Waals surface area contributed by atoms with Crippen molar-refractivity contribution in [2.45, 2.75) is 0 Å². The molecule has 0 atom stereocenters. The van der Waals surface area contributed by atoms with Crippen molar-refractivity contribution < 1.29 is 31.3 Å². The first-order chi connectivity index (χ1) is 25.6. The van der Waals surface area contributed by atoms with Crippen molar-refractivity contribution in [3.8, 4) is 22.8 Å². The fourth-order valence-electron chi connectivity index (χ4n) is 6.49. The van der Waals surface area contributed by atoms with Crippen LogP contribution in [0.15, 0.2) is 193 Å². The topological polar surface area (TPSA) is 72.2 Å². The third-order valence-electron chi connectivity index (χ3n) is 8.86. The summed E-state index contributed by atoms with van der Waals surface area (Å²) in [6.07, 6.45) is 1.68. The number of hydrogen-bond donors (Lipinski definition) is 2. The Bertz CT molecular complexity index is 2420. The molecule has 0 fully saturated rings. The Labute approximate surface area is 322 Å². The smallest absolute Gasteiger partial charge is 0.127 e. The van der Waals surface area contributed by atoms with Crippen molar-refractivity contribution in [2.24, 2.45) is 4.99 Å². The molecule has 8 rings (SSSR count). The summed E-state index contributed by atoms with van der Waals surface area (Å²) in [5.41, 5.74) is 8.05. The van der Waals surface area contributed by atoms with E-state index in [2.05, 4.69) is 15.9 Å². The van der Waals surface area contributed by atoms with Gasteiger partial charge in [0.25, 0.3) is 0 Å². The summed E-state index contributed by atoms with van der Waals surface area (Å²) in [6.45, 7) is 0. The Kier molecular flexibility index (Phi) is 10.4. The van der Waals surface area contributed by atoms with E-state index in [1.54, 1.807) is 18.3 Å². The number of phenolic OH excluding ortho intramolecular Hbond substituents is 2. The van der Waals surface area contributed by atoms with E-state index in [0.29, 0.717) is 28.0 Å². The van der Waals surface area contributed by atoms with E-state index >= 15 is 0 Å². The molecule has 1 heterocycles. The van der Waals surface area contributed by atoms with Gasteiger partial charge in [-0.1, -0.05) is 91.0 Å². The molecule has 0 aliphatic rings. The number of aromatic nitrogens is 1. The van der Waals surface area contributed by atoms with E-state index in [4.69, 9.17) is 9.98 Å². The molecule has 8 aromatic rings. The van der Waals surface area contributed by atoms with Crippen LogP contribution in [0.2, 0.25) is 0 Å². The molecule has 0 aliphatic carbocycles. The van der Waals surface area contributed by atoms with Crippen molar-refractivity contribution in [3.05, 3.63) is 194 Å². The second kappa shape index (κ2) is 15.8. The number of benzene rings is 7. The minimum atomic E-state index is 0. The van der Waals surface area contributed by atoms with Crippen LogP contribution in [0.1, 0.15) is 5.69 Å². The molecule has 260 valence electrons. The Morgan fingerprint density at radius 1 is 0.453 bits per heavy atom. The first kappa shape index (κ1) is 34.9.